The van der Waals surface area contributed by atoms with Gasteiger partial charge in [0.2, 0.25) is 5.91 Å². The van der Waals surface area contributed by atoms with Crippen molar-refractivity contribution in [1.82, 2.24) is 9.88 Å². The number of likely N-dealkylation sites (tertiary alicyclic amines) is 1. The van der Waals surface area contributed by atoms with Gasteiger partial charge in [-0.1, -0.05) is 18.2 Å². The molecule has 160 valence electrons. The molecule has 0 unspecified atom stereocenters. The van der Waals surface area contributed by atoms with E-state index in [4.69, 9.17) is 9.90 Å². The maximum absolute atomic E-state index is 11.6. The average molecular weight is 420 g/mol. The predicted octanol–water partition coefficient (Wildman–Crippen LogP) is 4.21. The zero-order valence-electron chi connectivity index (χ0n) is 16.6. The molecular formula is C22H23F3N2O3. The third kappa shape index (κ3) is 4.63. The minimum Gasteiger partial charge on any atom is -0.475 e. The van der Waals surface area contributed by atoms with Crippen LogP contribution in [0, 0.1) is 0 Å². The number of benzene rings is 1. The molecule has 1 saturated heterocycles. The molecule has 1 aromatic heterocycles. The van der Waals surface area contributed by atoms with Crippen molar-refractivity contribution in [2.75, 3.05) is 13.1 Å². The highest BCUT2D eigenvalue weighted by Crippen LogP contribution is 2.47. The van der Waals surface area contributed by atoms with Gasteiger partial charge in [-0.3, -0.25) is 9.78 Å². The number of carbonyl (C=O) groups excluding carboxylic acids is 1. The fraction of sp³-hybridized carbons (Fsp3) is 0.409. The lowest BCUT2D eigenvalue weighted by atomic mass is 9.73. The van der Waals surface area contributed by atoms with E-state index in [2.05, 4.69) is 35.3 Å². The third-order valence-corrected chi connectivity index (χ3v) is 5.98. The number of halogens is 3. The number of aryl methyl sites for hydroxylation is 1. The SMILES string of the molecule is CC(=O)N1CCC2(CCc3ccc(-c4ccncc4)cc32)CC1.O=C(O)C(F)(F)F. The second-order valence-electron chi connectivity index (χ2n) is 7.70. The Labute approximate surface area is 172 Å². The zero-order valence-corrected chi connectivity index (χ0v) is 16.6. The van der Waals surface area contributed by atoms with Crippen molar-refractivity contribution in [3.63, 3.8) is 0 Å². The summed E-state index contributed by atoms with van der Waals surface area (Å²) in [5.41, 5.74) is 5.81. The Bertz CT molecular complexity index is 921. The second-order valence-corrected chi connectivity index (χ2v) is 7.70. The number of hydrogen-bond donors (Lipinski definition) is 1. The van der Waals surface area contributed by atoms with Crippen molar-refractivity contribution in [1.29, 1.82) is 0 Å². The van der Waals surface area contributed by atoms with Gasteiger partial charge in [0.15, 0.2) is 0 Å². The monoisotopic (exact) mass is 420 g/mol. The predicted molar refractivity (Wildman–Crippen MR) is 105 cm³/mol. The summed E-state index contributed by atoms with van der Waals surface area (Å²) >= 11 is 0. The van der Waals surface area contributed by atoms with Crippen molar-refractivity contribution in [3.8, 4) is 11.1 Å². The first kappa shape index (κ1) is 21.8. The topological polar surface area (TPSA) is 70.5 Å². The molecule has 1 aromatic carbocycles. The summed E-state index contributed by atoms with van der Waals surface area (Å²) < 4.78 is 31.7. The summed E-state index contributed by atoms with van der Waals surface area (Å²) in [6.07, 6.45) is 3.21. The van der Waals surface area contributed by atoms with Gasteiger partial charge in [-0.05, 0) is 65.5 Å². The number of aliphatic carboxylic acids is 1. The van der Waals surface area contributed by atoms with Gasteiger partial charge in [0.25, 0.3) is 0 Å². The van der Waals surface area contributed by atoms with Gasteiger partial charge in [-0.2, -0.15) is 13.2 Å². The smallest absolute Gasteiger partial charge is 0.475 e. The first-order valence-electron chi connectivity index (χ1n) is 9.72. The average Bonchev–Trinajstić information content (AvgIpc) is 3.06. The Kier molecular flexibility index (Phi) is 6.14. The summed E-state index contributed by atoms with van der Waals surface area (Å²) in [6.45, 7) is 3.48. The maximum atomic E-state index is 11.6. The number of nitrogens with zero attached hydrogens (tertiary/aromatic N) is 2. The molecule has 1 amide bonds. The van der Waals surface area contributed by atoms with E-state index in [9.17, 15) is 18.0 Å². The van der Waals surface area contributed by atoms with E-state index in [1.165, 1.54) is 35.1 Å². The van der Waals surface area contributed by atoms with Crippen LogP contribution >= 0.6 is 0 Å². The molecule has 30 heavy (non-hydrogen) atoms. The van der Waals surface area contributed by atoms with E-state index >= 15 is 0 Å². The molecular weight excluding hydrogens is 397 g/mol. The molecule has 0 bridgehead atoms. The van der Waals surface area contributed by atoms with E-state index < -0.39 is 12.1 Å². The van der Waals surface area contributed by atoms with Gasteiger partial charge in [-0.25, -0.2) is 4.79 Å². The van der Waals surface area contributed by atoms with Crippen LogP contribution in [0.3, 0.4) is 0 Å². The number of fused-ring (bicyclic) bond motifs is 2. The number of carbonyl (C=O) groups is 2. The molecule has 4 rings (SSSR count). The largest absolute Gasteiger partial charge is 0.490 e. The van der Waals surface area contributed by atoms with Crippen LogP contribution in [0.2, 0.25) is 0 Å². The van der Waals surface area contributed by atoms with Crippen LogP contribution in [0.25, 0.3) is 11.1 Å². The van der Waals surface area contributed by atoms with Crippen LogP contribution in [-0.4, -0.2) is 46.1 Å². The molecule has 2 aliphatic rings. The Balaban J connectivity index is 0.000000318. The molecule has 1 aliphatic heterocycles. The van der Waals surface area contributed by atoms with E-state index in [-0.39, 0.29) is 11.3 Å². The number of hydrogen-bond acceptors (Lipinski definition) is 3. The van der Waals surface area contributed by atoms with Crippen LogP contribution in [0.15, 0.2) is 42.7 Å². The Morgan fingerprint density at radius 1 is 1.03 bits per heavy atom. The number of alkyl halides is 3. The highest BCUT2D eigenvalue weighted by Gasteiger charge is 2.41. The number of rotatable bonds is 1. The van der Waals surface area contributed by atoms with Gasteiger partial charge >= 0.3 is 12.1 Å². The second kappa shape index (κ2) is 8.45. The molecule has 0 atom stereocenters. The fourth-order valence-corrected chi connectivity index (χ4v) is 4.29. The van der Waals surface area contributed by atoms with Gasteiger partial charge in [0.05, 0.1) is 0 Å². The molecule has 1 aliphatic carbocycles. The number of piperidine rings is 1. The number of carboxylic acids is 1. The Morgan fingerprint density at radius 2 is 1.63 bits per heavy atom. The maximum Gasteiger partial charge on any atom is 0.490 e. The molecule has 1 N–H and O–H groups in total. The Hall–Kier alpha value is -2.90. The minimum atomic E-state index is -5.08. The van der Waals surface area contributed by atoms with Crippen molar-refractivity contribution < 1.29 is 27.9 Å². The lowest BCUT2D eigenvalue weighted by molar-refractivity contribution is -0.192. The summed E-state index contributed by atoms with van der Waals surface area (Å²) in [5.74, 6) is -2.55. The molecule has 1 fully saturated rings. The van der Waals surface area contributed by atoms with Crippen molar-refractivity contribution in [2.24, 2.45) is 0 Å². The van der Waals surface area contributed by atoms with Crippen molar-refractivity contribution in [3.05, 3.63) is 53.9 Å². The van der Waals surface area contributed by atoms with E-state index in [1.54, 1.807) is 6.92 Å². The molecule has 2 heterocycles. The Morgan fingerprint density at radius 3 is 2.17 bits per heavy atom. The molecule has 1 spiro atoms. The van der Waals surface area contributed by atoms with Crippen LogP contribution in [-0.2, 0) is 21.4 Å². The highest BCUT2D eigenvalue weighted by molar-refractivity contribution is 5.73. The number of pyridine rings is 1. The number of aromatic nitrogens is 1. The number of amides is 1. The van der Waals surface area contributed by atoms with Gasteiger partial charge < -0.3 is 10.0 Å². The molecule has 5 nitrogen and oxygen atoms in total. The lowest BCUT2D eigenvalue weighted by Gasteiger charge is -2.40. The summed E-state index contributed by atoms with van der Waals surface area (Å²) in [4.78, 5) is 26.6. The van der Waals surface area contributed by atoms with Crippen LogP contribution in [0.1, 0.15) is 37.3 Å². The van der Waals surface area contributed by atoms with Gasteiger partial charge in [-0.15, -0.1) is 0 Å². The summed E-state index contributed by atoms with van der Waals surface area (Å²) in [5, 5.41) is 7.12. The summed E-state index contributed by atoms with van der Waals surface area (Å²) in [7, 11) is 0. The lowest BCUT2D eigenvalue weighted by Crippen LogP contribution is -2.43. The quantitative estimate of drug-likeness (QED) is 0.750. The number of carboxylic acid groups (broad SMARTS) is 1. The van der Waals surface area contributed by atoms with Crippen molar-refractivity contribution in [2.45, 2.75) is 44.2 Å². The van der Waals surface area contributed by atoms with Gasteiger partial charge in [0.1, 0.15) is 0 Å². The summed E-state index contributed by atoms with van der Waals surface area (Å²) in [6, 6.07) is 11.1. The van der Waals surface area contributed by atoms with Crippen LogP contribution in [0.5, 0.6) is 0 Å². The van der Waals surface area contributed by atoms with Crippen LogP contribution < -0.4 is 0 Å². The first-order chi connectivity index (χ1) is 14.1. The van der Waals surface area contributed by atoms with E-state index in [0.29, 0.717) is 0 Å². The highest BCUT2D eigenvalue weighted by atomic mass is 19.4. The van der Waals surface area contributed by atoms with E-state index in [1.807, 2.05) is 17.3 Å². The first-order valence-corrected chi connectivity index (χ1v) is 9.72. The minimum absolute atomic E-state index is 0.212. The molecule has 2 aromatic rings. The zero-order chi connectivity index (χ0) is 21.9. The molecule has 0 saturated carbocycles. The van der Waals surface area contributed by atoms with Crippen LogP contribution in [0.4, 0.5) is 13.2 Å². The van der Waals surface area contributed by atoms with Crippen molar-refractivity contribution >= 4 is 11.9 Å². The van der Waals surface area contributed by atoms with Gasteiger partial charge in [0, 0.05) is 32.4 Å². The molecule has 8 heteroatoms. The standard InChI is InChI=1S/C20H22N2O.C2HF3O2/c1-15(23)22-12-8-20(9-13-22)7-4-17-2-3-18(14-19(17)20)16-5-10-21-11-6-16;3-2(4,5)1(6)7/h2-3,5-6,10-11,14H,4,7-9,12-13H2,1H3;(H,6,7). The normalized spacial score (nSPS) is 17.1. The fourth-order valence-electron chi connectivity index (χ4n) is 4.29. The van der Waals surface area contributed by atoms with E-state index in [0.717, 1.165) is 25.9 Å². The third-order valence-electron chi connectivity index (χ3n) is 5.98. The molecule has 0 radical (unpaired) electrons.